The molecule has 10 nitrogen and oxygen atoms in total. The summed E-state index contributed by atoms with van der Waals surface area (Å²) in [6.07, 6.45) is -1.06. The van der Waals surface area contributed by atoms with E-state index in [-0.39, 0.29) is 0 Å². The van der Waals surface area contributed by atoms with Crippen molar-refractivity contribution in [2.75, 3.05) is 14.2 Å². The monoisotopic (exact) mass is 298 g/mol. The molecule has 0 heterocycles. The summed E-state index contributed by atoms with van der Waals surface area (Å²) in [5.41, 5.74) is 0. The van der Waals surface area contributed by atoms with Crippen molar-refractivity contribution in [3.05, 3.63) is 0 Å². The van der Waals surface area contributed by atoms with Gasteiger partial charge in [0.25, 0.3) is 0 Å². The van der Waals surface area contributed by atoms with Crippen LogP contribution < -0.4 is 0 Å². The van der Waals surface area contributed by atoms with Crippen molar-refractivity contribution in [2.45, 2.75) is 38.3 Å². The van der Waals surface area contributed by atoms with Gasteiger partial charge in [-0.15, -0.1) is 0 Å². The van der Waals surface area contributed by atoms with Crippen LogP contribution in [-0.2, 0) is 38.6 Å². The van der Waals surface area contributed by atoms with Gasteiger partial charge >= 0.3 is 11.9 Å². The molecular formula is C10H18O10. The molecule has 0 radical (unpaired) electrons. The van der Waals surface area contributed by atoms with E-state index in [1.54, 1.807) is 0 Å². The number of carbonyl (C=O) groups excluding carboxylic acids is 2. The molecule has 20 heavy (non-hydrogen) atoms. The first-order valence-corrected chi connectivity index (χ1v) is 5.40. The Kier molecular flexibility index (Phi) is 7.57. The minimum Gasteiger partial charge on any atom is -0.469 e. The highest BCUT2D eigenvalue weighted by Gasteiger charge is 2.39. The zero-order valence-electron chi connectivity index (χ0n) is 11.6. The van der Waals surface area contributed by atoms with Crippen LogP contribution in [0.2, 0.25) is 0 Å². The summed E-state index contributed by atoms with van der Waals surface area (Å²) in [5, 5.41) is 17.4. The van der Waals surface area contributed by atoms with Crippen LogP contribution in [0.1, 0.15) is 26.7 Å². The number of hydrogen-bond donors (Lipinski definition) is 2. The zero-order chi connectivity index (χ0) is 15.8. The maximum absolute atomic E-state index is 11.1. The lowest BCUT2D eigenvalue weighted by Crippen LogP contribution is -2.41. The highest BCUT2D eigenvalue weighted by atomic mass is 17.3. The molecule has 0 saturated heterocycles. The minimum absolute atomic E-state index is 0.528. The lowest BCUT2D eigenvalue weighted by atomic mass is 10.2. The summed E-state index contributed by atoms with van der Waals surface area (Å²) in [6.45, 7) is 2.31. The molecule has 2 N–H and O–H groups in total. The molecule has 118 valence electrons. The molecule has 0 aromatic heterocycles. The molecule has 0 fully saturated rings. The van der Waals surface area contributed by atoms with Crippen molar-refractivity contribution >= 4 is 11.9 Å². The van der Waals surface area contributed by atoms with E-state index < -0.39 is 36.4 Å². The van der Waals surface area contributed by atoms with Gasteiger partial charge in [-0.3, -0.25) is 9.59 Å². The molecule has 2 atom stereocenters. The molecule has 0 aromatic carbocycles. The lowest BCUT2D eigenvalue weighted by Gasteiger charge is -2.29. The largest absolute Gasteiger partial charge is 0.469 e. The number of hydrogen-bond acceptors (Lipinski definition) is 10. The van der Waals surface area contributed by atoms with E-state index in [1.165, 1.54) is 0 Å². The molecule has 0 aromatic rings. The van der Waals surface area contributed by atoms with E-state index in [1.807, 2.05) is 0 Å². The normalized spacial score (nSPS) is 16.9. The number of methoxy groups -OCH3 is 2. The second kappa shape index (κ2) is 8.09. The van der Waals surface area contributed by atoms with Gasteiger partial charge in [-0.05, 0) is 13.8 Å². The first-order valence-electron chi connectivity index (χ1n) is 5.40. The first-order chi connectivity index (χ1) is 9.24. The third-order valence-corrected chi connectivity index (χ3v) is 2.17. The average molecular weight is 298 g/mol. The van der Waals surface area contributed by atoms with Crippen LogP contribution in [0.25, 0.3) is 0 Å². The van der Waals surface area contributed by atoms with Crippen molar-refractivity contribution in [3.8, 4) is 0 Å². The maximum atomic E-state index is 11.1. The average Bonchev–Trinajstić information content (AvgIpc) is 2.45. The van der Waals surface area contributed by atoms with Crippen molar-refractivity contribution in [3.63, 3.8) is 0 Å². The predicted octanol–water partition coefficient (Wildman–Crippen LogP) is 0.472. The van der Waals surface area contributed by atoms with Crippen LogP contribution in [0.5, 0.6) is 0 Å². The highest BCUT2D eigenvalue weighted by Crippen LogP contribution is 2.24. The summed E-state index contributed by atoms with van der Waals surface area (Å²) in [6, 6.07) is 0. The van der Waals surface area contributed by atoms with Gasteiger partial charge in [0.15, 0.2) is 0 Å². The van der Waals surface area contributed by atoms with Crippen LogP contribution in [0.3, 0.4) is 0 Å². The molecule has 0 amide bonds. The molecule has 0 saturated carbocycles. The second-order valence-electron chi connectivity index (χ2n) is 4.12. The smallest absolute Gasteiger partial charge is 0.311 e. The van der Waals surface area contributed by atoms with E-state index >= 15 is 0 Å². The fourth-order valence-corrected chi connectivity index (χ4v) is 0.999. The number of ether oxygens (including phenoxy) is 2. The molecule has 0 aliphatic carbocycles. The minimum atomic E-state index is -1.93. The van der Waals surface area contributed by atoms with Gasteiger partial charge in [0.05, 0.1) is 14.2 Å². The van der Waals surface area contributed by atoms with Crippen LogP contribution in [0, 0.1) is 0 Å². The SMILES string of the molecule is COC(=O)CC(C)(OO)OOC(C)(CC(=O)OC)OO. The van der Waals surface area contributed by atoms with E-state index in [0.717, 1.165) is 28.1 Å². The summed E-state index contributed by atoms with van der Waals surface area (Å²) in [4.78, 5) is 39.5. The van der Waals surface area contributed by atoms with E-state index in [9.17, 15) is 9.59 Å². The van der Waals surface area contributed by atoms with Crippen molar-refractivity contribution in [1.82, 2.24) is 0 Å². The molecule has 10 heteroatoms. The summed E-state index contributed by atoms with van der Waals surface area (Å²) >= 11 is 0. The highest BCUT2D eigenvalue weighted by molar-refractivity contribution is 5.70. The second-order valence-corrected chi connectivity index (χ2v) is 4.12. The Bertz CT molecular complexity index is 300. The Labute approximate surface area is 114 Å². The van der Waals surface area contributed by atoms with Crippen LogP contribution in [0.4, 0.5) is 0 Å². The van der Waals surface area contributed by atoms with Gasteiger partial charge in [-0.25, -0.2) is 20.3 Å². The van der Waals surface area contributed by atoms with Gasteiger partial charge in [0.1, 0.15) is 12.8 Å². The molecular weight excluding hydrogens is 280 g/mol. The van der Waals surface area contributed by atoms with Crippen molar-refractivity contribution in [1.29, 1.82) is 0 Å². The van der Waals surface area contributed by atoms with Crippen LogP contribution in [-0.4, -0.2) is 48.2 Å². The number of rotatable bonds is 9. The third-order valence-electron chi connectivity index (χ3n) is 2.17. The quantitative estimate of drug-likeness (QED) is 0.268. The molecule has 0 aliphatic rings. The van der Waals surface area contributed by atoms with E-state index in [0.29, 0.717) is 0 Å². The summed E-state index contributed by atoms with van der Waals surface area (Å²) in [7, 11) is 2.25. The summed E-state index contributed by atoms with van der Waals surface area (Å²) in [5.74, 6) is -5.37. The summed E-state index contributed by atoms with van der Waals surface area (Å²) < 4.78 is 8.74. The van der Waals surface area contributed by atoms with Crippen molar-refractivity contribution < 1.29 is 49.1 Å². The molecule has 0 spiro atoms. The Morgan fingerprint density at radius 1 is 0.850 bits per heavy atom. The Morgan fingerprint density at radius 2 is 1.15 bits per heavy atom. The van der Waals surface area contributed by atoms with E-state index in [4.69, 9.17) is 10.5 Å². The predicted molar refractivity (Wildman–Crippen MR) is 59.7 cm³/mol. The zero-order valence-corrected chi connectivity index (χ0v) is 11.6. The molecule has 2 unspecified atom stereocenters. The molecule has 0 bridgehead atoms. The maximum Gasteiger partial charge on any atom is 0.311 e. The van der Waals surface area contributed by atoms with Gasteiger partial charge in [-0.2, -0.15) is 9.78 Å². The topological polar surface area (TPSA) is 130 Å². The molecule has 0 rings (SSSR count). The molecule has 0 aliphatic heterocycles. The van der Waals surface area contributed by atoms with Crippen LogP contribution in [0.15, 0.2) is 0 Å². The Balaban J connectivity index is 4.65. The Morgan fingerprint density at radius 3 is 1.35 bits per heavy atom. The lowest BCUT2D eigenvalue weighted by molar-refractivity contribution is -0.564. The standard InChI is InChI=1S/C10H18O10/c1-9(17-13,5-7(11)15-3)19-20-10(2,18-14)6-8(12)16-4/h13-14H,5-6H2,1-4H3. The van der Waals surface area contributed by atoms with Gasteiger partial charge in [-0.1, -0.05) is 0 Å². The van der Waals surface area contributed by atoms with Crippen molar-refractivity contribution in [2.24, 2.45) is 0 Å². The number of esters is 2. The van der Waals surface area contributed by atoms with Gasteiger partial charge in [0, 0.05) is 0 Å². The fourth-order valence-electron chi connectivity index (χ4n) is 0.999. The first kappa shape index (κ1) is 18.7. The van der Waals surface area contributed by atoms with Gasteiger partial charge in [0.2, 0.25) is 11.6 Å². The Hall–Kier alpha value is -1.30. The third kappa shape index (κ3) is 6.23. The fraction of sp³-hybridized carbons (Fsp3) is 0.800. The van der Waals surface area contributed by atoms with Gasteiger partial charge < -0.3 is 9.47 Å². The van der Waals surface area contributed by atoms with E-state index in [2.05, 4.69) is 29.0 Å². The number of carbonyl (C=O) groups is 2. The van der Waals surface area contributed by atoms with Crippen LogP contribution >= 0.6 is 0 Å².